The molecule has 0 bridgehead atoms. The Hall–Kier alpha value is -2.83. The molecule has 0 aliphatic heterocycles. The van der Waals surface area contributed by atoms with E-state index in [1.807, 2.05) is 45.0 Å². The molecule has 0 radical (unpaired) electrons. The molecule has 2 atom stereocenters. The molecule has 7 nitrogen and oxygen atoms in total. The highest BCUT2D eigenvalue weighted by molar-refractivity contribution is 5.97. The molecule has 30 heavy (non-hydrogen) atoms. The average Bonchev–Trinajstić information content (AvgIpc) is 3.02. The Bertz CT molecular complexity index is 901. The first-order valence-electron chi connectivity index (χ1n) is 10.4. The second-order valence-corrected chi connectivity index (χ2v) is 8.04. The number of aromatic nitrogens is 2. The summed E-state index contributed by atoms with van der Waals surface area (Å²) in [4.78, 5) is 24.4. The summed E-state index contributed by atoms with van der Waals surface area (Å²) in [5.41, 5.74) is 2.61. The van der Waals surface area contributed by atoms with E-state index < -0.39 is 5.97 Å². The van der Waals surface area contributed by atoms with Crippen LogP contribution in [0, 0.1) is 12.8 Å². The number of esters is 2. The Morgan fingerprint density at radius 2 is 1.87 bits per heavy atom. The summed E-state index contributed by atoms with van der Waals surface area (Å²) in [6.07, 6.45) is 3.25. The SMILES string of the molecule is COC(=O)c1c(-c2ccc(O[C@H]3CCC[C@H](C(=O)OC(C)C)C3)cc2)nn(C)c1C. The Morgan fingerprint density at radius 1 is 1.17 bits per heavy atom. The van der Waals surface area contributed by atoms with Crippen LogP contribution in [0.4, 0.5) is 0 Å². The number of carbonyl (C=O) groups excluding carboxylic acids is 2. The molecule has 1 heterocycles. The first-order valence-corrected chi connectivity index (χ1v) is 10.4. The van der Waals surface area contributed by atoms with Gasteiger partial charge in [0.1, 0.15) is 17.0 Å². The molecule has 162 valence electrons. The molecular weight excluding hydrogens is 384 g/mol. The lowest BCUT2D eigenvalue weighted by Gasteiger charge is -2.29. The molecule has 2 aromatic rings. The minimum Gasteiger partial charge on any atom is -0.490 e. The number of hydrogen-bond donors (Lipinski definition) is 0. The van der Waals surface area contributed by atoms with Crippen LogP contribution in [0.15, 0.2) is 24.3 Å². The smallest absolute Gasteiger partial charge is 0.342 e. The van der Waals surface area contributed by atoms with Crippen LogP contribution in [0.25, 0.3) is 11.3 Å². The molecule has 7 heteroatoms. The predicted molar refractivity (Wildman–Crippen MR) is 112 cm³/mol. The summed E-state index contributed by atoms with van der Waals surface area (Å²) < 4.78 is 18.1. The van der Waals surface area contributed by atoms with Crippen LogP contribution in [-0.2, 0) is 21.3 Å². The van der Waals surface area contributed by atoms with Crippen molar-refractivity contribution in [2.24, 2.45) is 13.0 Å². The molecule has 1 aromatic heterocycles. The minimum absolute atomic E-state index is 0.0166. The van der Waals surface area contributed by atoms with Crippen molar-refractivity contribution in [3.8, 4) is 17.0 Å². The van der Waals surface area contributed by atoms with Gasteiger partial charge in [-0.15, -0.1) is 0 Å². The van der Waals surface area contributed by atoms with Gasteiger partial charge in [0.2, 0.25) is 0 Å². The third-order valence-corrected chi connectivity index (χ3v) is 5.47. The van der Waals surface area contributed by atoms with Gasteiger partial charge >= 0.3 is 11.9 Å². The summed E-state index contributed by atoms with van der Waals surface area (Å²) in [6, 6.07) is 7.51. The molecular formula is C23H30N2O5. The van der Waals surface area contributed by atoms with Crippen LogP contribution < -0.4 is 4.74 Å². The van der Waals surface area contributed by atoms with E-state index in [0.717, 1.165) is 36.3 Å². The van der Waals surface area contributed by atoms with Gasteiger partial charge in [0.15, 0.2) is 0 Å². The van der Waals surface area contributed by atoms with E-state index in [2.05, 4.69) is 5.10 Å². The van der Waals surface area contributed by atoms with Gasteiger partial charge < -0.3 is 14.2 Å². The standard InChI is InChI=1S/C23H30N2O5/c1-14(2)29-22(26)17-7-6-8-19(13-17)30-18-11-9-16(10-12-18)21-20(23(27)28-5)15(3)25(4)24-21/h9-12,14,17,19H,6-8,13H2,1-5H3/t17-,19-/m0/s1. The highest BCUT2D eigenvalue weighted by Crippen LogP contribution is 2.31. The largest absolute Gasteiger partial charge is 0.490 e. The van der Waals surface area contributed by atoms with Gasteiger partial charge in [-0.1, -0.05) is 0 Å². The Kier molecular flexibility index (Phi) is 6.80. The number of carbonyl (C=O) groups is 2. The van der Waals surface area contributed by atoms with Crippen molar-refractivity contribution in [1.29, 1.82) is 0 Å². The van der Waals surface area contributed by atoms with Gasteiger partial charge in [0.05, 0.1) is 30.9 Å². The molecule has 0 saturated heterocycles. The summed E-state index contributed by atoms with van der Waals surface area (Å²) in [6.45, 7) is 5.57. The maximum Gasteiger partial charge on any atom is 0.342 e. The Labute approximate surface area is 177 Å². The zero-order chi connectivity index (χ0) is 21.8. The molecule has 1 saturated carbocycles. The van der Waals surface area contributed by atoms with Crippen LogP contribution in [0.2, 0.25) is 0 Å². The number of benzene rings is 1. The fraction of sp³-hybridized carbons (Fsp3) is 0.522. The van der Waals surface area contributed by atoms with Crippen LogP contribution in [0.3, 0.4) is 0 Å². The maximum absolute atomic E-state index is 12.2. The van der Waals surface area contributed by atoms with Gasteiger partial charge in [-0.05, 0) is 70.7 Å². The first-order chi connectivity index (χ1) is 14.3. The van der Waals surface area contributed by atoms with Gasteiger partial charge in [0, 0.05) is 12.6 Å². The Balaban J connectivity index is 1.70. The third kappa shape index (κ3) is 4.83. The number of nitrogens with zero attached hydrogens (tertiary/aromatic N) is 2. The van der Waals surface area contributed by atoms with E-state index in [0.29, 0.717) is 17.7 Å². The van der Waals surface area contributed by atoms with Gasteiger partial charge in [-0.3, -0.25) is 9.48 Å². The van der Waals surface area contributed by atoms with Crippen molar-refractivity contribution in [2.45, 2.75) is 58.7 Å². The highest BCUT2D eigenvalue weighted by atomic mass is 16.5. The normalized spacial score (nSPS) is 18.9. The second kappa shape index (κ2) is 9.32. The molecule has 0 N–H and O–H groups in total. The summed E-state index contributed by atoms with van der Waals surface area (Å²) in [7, 11) is 3.16. The topological polar surface area (TPSA) is 79.7 Å². The zero-order valence-electron chi connectivity index (χ0n) is 18.3. The molecule has 1 aliphatic rings. The van der Waals surface area contributed by atoms with Crippen molar-refractivity contribution < 1.29 is 23.8 Å². The lowest BCUT2D eigenvalue weighted by atomic mass is 9.87. The first kappa shape index (κ1) is 21.9. The summed E-state index contributed by atoms with van der Waals surface area (Å²) in [5, 5.41) is 4.47. The summed E-state index contributed by atoms with van der Waals surface area (Å²) in [5.74, 6) is 0.0883. The second-order valence-electron chi connectivity index (χ2n) is 8.04. The van der Waals surface area contributed by atoms with E-state index in [1.165, 1.54) is 7.11 Å². The van der Waals surface area contributed by atoms with E-state index >= 15 is 0 Å². The number of ether oxygens (including phenoxy) is 3. The molecule has 3 rings (SSSR count). The molecule has 1 fully saturated rings. The number of hydrogen-bond acceptors (Lipinski definition) is 6. The van der Waals surface area contributed by atoms with Crippen LogP contribution in [0.1, 0.15) is 55.6 Å². The predicted octanol–water partition coefficient (Wildman–Crippen LogP) is 4.07. The van der Waals surface area contributed by atoms with Crippen LogP contribution in [-0.4, -0.2) is 41.0 Å². The van der Waals surface area contributed by atoms with E-state index in [4.69, 9.17) is 14.2 Å². The molecule has 0 unspecified atom stereocenters. The highest BCUT2D eigenvalue weighted by Gasteiger charge is 2.30. The monoisotopic (exact) mass is 414 g/mol. The summed E-state index contributed by atoms with van der Waals surface area (Å²) >= 11 is 0. The van der Waals surface area contributed by atoms with E-state index in [9.17, 15) is 9.59 Å². The van der Waals surface area contributed by atoms with Gasteiger partial charge in [-0.2, -0.15) is 5.10 Å². The molecule has 0 amide bonds. The van der Waals surface area contributed by atoms with Crippen molar-refractivity contribution in [3.05, 3.63) is 35.5 Å². The van der Waals surface area contributed by atoms with Gasteiger partial charge in [0.25, 0.3) is 0 Å². The van der Waals surface area contributed by atoms with Crippen molar-refractivity contribution in [2.75, 3.05) is 7.11 Å². The average molecular weight is 415 g/mol. The fourth-order valence-electron chi connectivity index (χ4n) is 3.84. The van der Waals surface area contributed by atoms with Crippen molar-refractivity contribution >= 4 is 11.9 Å². The molecule has 1 aromatic carbocycles. The minimum atomic E-state index is -0.405. The Morgan fingerprint density at radius 3 is 2.50 bits per heavy atom. The van der Waals surface area contributed by atoms with Gasteiger partial charge in [-0.25, -0.2) is 4.79 Å². The quantitative estimate of drug-likeness (QED) is 0.663. The lowest BCUT2D eigenvalue weighted by molar-refractivity contribution is -0.154. The fourth-order valence-corrected chi connectivity index (χ4v) is 3.84. The third-order valence-electron chi connectivity index (χ3n) is 5.47. The lowest BCUT2D eigenvalue weighted by Crippen LogP contribution is -2.31. The van der Waals surface area contributed by atoms with Crippen molar-refractivity contribution in [1.82, 2.24) is 9.78 Å². The van der Waals surface area contributed by atoms with Crippen molar-refractivity contribution in [3.63, 3.8) is 0 Å². The number of aryl methyl sites for hydroxylation is 1. The van der Waals surface area contributed by atoms with Crippen LogP contribution in [0.5, 0.6) is 5.75 Å². The zero-order valence-corrected chi connectivity index (χ0v) is 18.3. The number of methoxy groups -OCH3 is 1. The van der Waals surface area contributed by atoms with E-state index in [1.54, 1.807) is 11.7 Å². The maximum atomic E-state index is 12.2. The molecule has 1 aliphatic carbocycles. The molecule has 0 spiro atoms. The number of rotatable bonds is 6. The van der Waals surface area contributed by atoms with Crippen LogP contribution >= 0.6 is 0 Å². The van der Waals surface area contributed by atoms with E-state index in [-0.39, 0.29) is 24.1 Å².